The highest BCUT2D eigenvalue weighted by Crippen LogP contribution is 2.57. The van der Waals surface area contributed by atoms with Crippen LogP contribution in [0.2, 0.25) is 0 Å². The Bertz CT molecular complexity index is 656. The third-order valence-corrected chi connectivity index (χ3v) is 9.94. The van der Waals surface area contributed by atoms with Gasteiger partial charge >= 0.3 is 5.97 Å². The largest absolute Gasteiger partial charge is 0.462 e. The van der Waals surface area contributed by atoms with E-state index in [1.54, 1.807) is 12.1 Å². The standard InChI is InChI=1S/C21H26Br2O3/c1-13(12-26-20(25)15-6-4-3-5-7-15)16-9-8-14(2)21(23)18(22)11-10-17(24)19(16)21/h3-7,13-14,16,18-19H,8-12H2,1-2H3/t13-,14+,16-,18-,19+,21+/m1/s1. The van der Waals surface area contributed by atoms with Gasteiger partial charge < -0.3 is 4.74 Å². The van der Waals surface area contributed by atoms with Crippen molar-refractivity contribution in [2.45, 2.75) is 48.7 Å². The third kappa shape index (κ3) is 3.66. The maximum Gasteiger partial charge on any atom is 0.338 e. The van der Waals surface area contributed by atoms with Crippen LogP contribution in [0.1, 0.15) is 49.9 Å². The van der Waals surface area contributed by atoms with Gasteiger partial charge in [-0.05, 0) is 49.1 Å². The SMILES string of the molecule is C[C@H](COC(=O)c1ccccc1)[C@H]1CC[C@H](C)[C@]2(Br)[C@H](Br)CCC(=O)[C@H]12. The zero-order valence-corrected chi connectivity index (χ0v) is 18.5. The first-order chi connectivity index (χ1) is 12.4. The number of carbonyl (C=O) groups is 2. The minimum absolute atomic E-state index is 0.0187. The number of ketones is 1. The fraction of sp³-hybridized carbons (Fsp3) is 0.619. The van der Waals surface area contributed by atoms with E-state index >= 15 is 0 Å². The molecule has 2 aliphatic carbocycles. The van der Waals surface area contributed by atoms with Gasteiger partial charge in [-0.3, -0.25) is 4.79 Å². The molecule has 6 atom stereocenters. The smallest absolute Gasteiger partial charge is 0.338 e. The van der Waals surface area contributed by atoms with Crippen LogP contribution in [0, 0.1) is 23.7 Å². The Hall–Kier alpha value is -0.680. The van der Waals surface area contributed by atoms with Gasteiger partial charge in [0.1, 0.15) is 5.78 Å². The summed E-state index contributed by atoms with van der Waals surface area (Å²) in [4.78, 5) is 25.4. The van der Waals surface area contributed by atoms with Crippen LogP contribution < -0.4 is 0 Å². The fourth-order valence-electron chi connectivity index (χ4n) is 4.70. The molecule has 0 saturated heterocycles. The zero-order valence-electron chi connectivity index (χ0n) is 15.3. The third-order valence-electron chi connectivity index (χ3n) is 6.28. The van der Waals surface area contributed by atoms with Crippen LogP contribution in [-0.2, 0) is 9.53 Å². The van der Waals surface area contributed by atoms with Gasteiger partial charge in [0.15, 0.2) is 0 Å². The number of esters is 1. The lowest BCUT2D eigenvalue weighted by molar-refractivity contribution is -0.131. The number of hydrogen-bond donors (Lipinski definition) is 0. The summed E-state index contributed by atoms with van der Waals surface area (Å²) in [6.45, 7) is 4.70. The van der Waals surface area contributed by atoms with Crippen LogP contribution in [-0.4, -0.2) is 27.5 Å². The van der Waals surface area contributed by atoms with Crippen molar-refractivity contribution in [2.75, 3.05) is 6.61 Å². The molecular weight excluding hydrogens is 460 g/mol. The average Bonchev–Trinajstić information content (AvgIpc) is 2.65. The minimum Gasteiger partial charge on any atom is -0.462 e. The summed E-state index contributed by atoms with van der Waals surface area (Å²) < 4.78 is 5.38. The number of fused-ring (bicyclic) bond motifs is 1. The van der Waals surface area contributed by atoms with Crippen LogP contribution in [0.4, 0.5) is 0 Å². The fourth-order valence-corrected chi connectivity index (χ4v) is 6.72. The van der Waals surface area contributed by atoms with E-state index in [0.29, 0.717) is 35.1 Å². The topological polar surface area (TPSA) is 43.4 Å². The second-order valence-electron chi connectivity index (χ2n) is 7.86. The molecule has 0 radical (unpaired) electrons. The minimum atomic E-state index is -0.292. The number of benzene rings is 1. The Labute approximate surface area is 172 Å². The van der Waals surface area contributed by atoms with E-state index in [9.17, 15) is 9.59 Å². The van der Waals surface area contributed by atoms with Crippen molar-refractivity contribution >= 4 is 43.6 Å². The first-order valence-electron chi connectivity index (χ1n) is 9.43. The molecule has 26 heavy (non-hydrogen) atoms. The highest BCUT2D eigenvalue weighted by atomic mass is 79.9. The van der Waals surface area contributed by atoms with Gasteiger partial charge in [-0.15, -0.1) is 0 Å². The number of hydrogen-bond acceptors (Lipinski definition) is 3. The van der Waals surface area contributed by atoms with Crippen molar-refractivity contribution in [1.29, 1.82) is 0 Å². The van der Waals surface area contributed by atoms with E-state index in [-0.39, 0.29) is 28.0 Å². The molecule has 0 bridgehead atoms. The second-order valence-corrected chi connectivity index (χ2v) is 10.3. The summed E-state index contributed by atoms with van der Waals surface area (Å²) in [5.41, 5.74) is 0.570. The summed E-state index contributed by atoms with van der Waals surface area (Å²) >= 11 is 7.83. The van der Waals surface area contributed by atoms with Gasteiger partial charge in [-0.2, -0.15) is 0 Å². The summed E-state index contributed by atoms with van der Waals surface area (Å²) in [7, 11) is 0. The maximum atomic E-state index is 12.8. The van der Waals surface area contributed by atoms with Crippen molar-refractivity contribution in [2.24, 2.45) is 23.7 Å². The average molecular weight is 486 g/mol. The molecule has 0 unspecified atom stereocenters. The highest BCUT2D eigenvalue weighted by Gasteiger charge is 2.57. The van der Waals surface area contributed by atoms with Gasteiger partial charge in [0.2, 0.25) is 0 Å². The Morgan fingerprint density at radius 1 is 1.27 bits per heavy atom. The van der Waals surface area contributed by atoms with Crippen molar-refractivity contribution < 1.29 is 14.3 Å². The van der Waals surface area contributed by atoms with Crippen LogP contribution in [0.5, 0.6) is 0 Å². The summed E-state index contributed by atoms with van der Waals surface area (Å²) in [6, 6.07) is 9.07. The molecule has 0 spiro atoms. The van der Waals surface area contributed by atoms with E-state index in [2.05, 4.69) is 45.7 Å². The molecule has 142 valence electrons. The molecule has 2 fully saturated rings. The first kappa shape index (κ1) is 20.1. The zero-order chi connectivity index (χ0) is 18.9. The lowest BCUT2D eigenvalue weighted by atomic mass is 9.58. The molecule has 1 aromatic carbocycles. The first-order valence-corrected chi connectivity index (χ1v) is 11.1. The highest BCUT2D eigenvalue weighted by molar-refractivity contribution is 9.12. The lowest BCUT2D eigenvalue weighted by Gasteiger charge is -2.54. The molecule has 2 saturated carbocycles. The maximum absolute atomic E-state index is 12.8. The number of Topliss-reactive ketones (excluding diaryl/α,β-unsaturated/α-hetero) is 1. The summed E-state index contributed by atoms with van der Waals surface area (Å²) in [5, 5.41) is 0. The predicted octanol–water partition coefficient (Wildman–Crippen LogP) is 5.40. The Balaban J connectivity index is 1.71. The molecule has 3 nitrogen and oxygen atoms in total. The van der Waals surface area contributed by atoms with Gasteiger partial charge in [0.05, 0.1) is 16.5 Å². The van der Waals surface area contributed by atoms with Gasteiger partial charge in [-0.25, -0.2) is 4.79 Å². The van der Waals surface area contributed by atoms with E-state index in [1.165, 1.54) is 0 Å². The van der Waals surface area contributed by atoms with Crippen LogP contribution in [0.15, 0.2) is 30.3 Å². The van der Waals surface area contributed by atoms with Crippen molar-refractivity contribution in [3.05, 3.63) is 35.9 Å². The number of halogens is 2. The molecule has 0 aliphatic heterocycles. The van der Waals surface area contributed by atoms with Gasteiger partial charge in [0, 0.05) is 17.2 Å². The molecule has 2 aliphatic rings. The van der Waals surface area contributed by atoms with Crippen LogP contribution >= 0.6 is 31.9 Å². The molecule has 0 amide bonds. The number of ether oxygens (including phenoxy) is 1. The predicted molar refractivity (Wildman–Crippen MR) is 110 cm³/mol. The van der Waals surface area contributed by atoms with Crippen molar-refractivity contribution in [1.82, 2.24) is 0 Å². The number of alkyl halides is 2. The summed E-state index contributed by atoms with van der Waals surface area (Å²) in [6.07, 6.45) is 3.61. The molecule has 3 rings (SSSR count). The molecule has 0 aromatic heterocycles. The normalized spacial score (nSPS) is 35.5. The van der Waals surface area contributed by atoms with Gasteiger partial charge in [-0.1, -0.05) is 63.9 Å². The lowest BCUT2D eigenvalue weighted by Crippen LogP contribution is -2.58. The van der Waals surface area contributed by atoms with Crippen LogP contribution in [0.25, 0.3) is 0 Å². The van der Waals surface area contributed by atoms with E-state index in [1.807, 2.05) is 18.2 Å². The number of rotatable bonds is 4. The molecule has 0 heterocycles. The van der Waals surface area contributed by atoms with Crippen molar-refractivity contribution in [3.63, 3.8) is 0 Å². The Kier molecular flexibility index (Phi) is 6.28. The Morgan fingerprint density at radius 2 is 1.96 bits per heavy atom. The van der Waals surface area contributed by atoms with E-state index in [4.69, 9.17) is 4.74 Å². The summed E-state index contributed by atoms with van der Waals surface area (Å²) in [5.74, 6) is 0.877. The van der Waals surface area contributed by atoms with E-state index < -0.39 is 0 Å². The second kappa shape index (κ2) is 8.14. The van der Waals surface area contributed by atoms with Crippen LogP contribution in [0.3, 0.4) is 0 Å². The molecular formula is C21H26Br2O3. The molecule has 1 aromatic rings. The molecule has 0 N–H and O–H groups in total. The quantitative estimate of drug-likeness (QED) is 0.423. The number of carbonyl (C=O) groups excluding carboxylic acids is 2. The molecule has 5 heteroatoms. The Morgan fingerprint density at radius 3 is 2.65 bits per heavy atom. The van der Waals surface area contributed by atoms with E-state index in [0.717, 1.165) is 19.3 Å². The monoisotopic (exact) mass is 484 g/mol. The van der Waals surface area contributed by atoms with Gasteiger partial charge in [0.25, 0.3) is 0 Å². The van der Waals surface area contributed by atoms with Crippen molar-refractivity contribution in [3.8, 4) is 0 Å².